The van der Waals surface area contributed by atoms with Gasteiger partial charge in [-0.25, -0.2) is 10.1 Å². The minimum atomic E-state index is -3.85. The summed E-state index contributed by atoms with van der Waals surface area (Å²) in [6.07, 6.45) is 1.60. The van der Waals surface area contributed by atoms with Gasteiger partial charge in [-0.05, 0) is 0 Å². The van der Waals surface area contributed by atoms with Gasteiger partial charge in [0, 0.05) is 12.1 Å². The maximum absolute atomic E-state index is 10.5. The van der Waals surface area contributed by atoms with E-state index in [1.165, 1.54) is 11.3 Å². The quantitative estimate of drug-likeness (QED) is 0.845. The second-order valence-electron chi connectivity index (χ2n) is 3.07. The van der Waals surface area contributed by atoms with Gasteiger partial charge in [0.2, 0.25) is 0 Å². The van der Waals surface area contributed by atoms with Gasteiger partial charge in [0.15, 0.2) is 0 Å². The highest BCUT2D eigenvalue weighted by Crippen LogP contribution is 2.21. The van der Waals surface area contributed by atoms with E-state index < -0.39 is 10.3 Å². The SMILES string of the molecule is CC(C)c1ncc(COS(N)(=O)=O)s1. The predicted octanol–water partition coefficient (Wildman–Crippen LogP) is 0.987. The molecule has 1 aromatic heterocycles. The minimum absolute atomic E-state index is 0.0385. The molecule has 1 aromatic rings. The van der Waals surface area contributed by atoms with Crippen LogP contribution in [-0.4, -0.2) is 13.4 Å². The molecule has 0 atom stereocenters. The van der Waals surface area contributed by atoms with Gasteiger partial charge in [-0.15, -0.1) is 11.3 Å². The fourth-order valence-electron chi connectivity index (χ4n) is 0.796. The maximum atomic E-state index is 10.5. The van der Waals surface area contributed by atoms with Gasteiger partial charge in [0.05, 0.1) is 9.88 Å². The zero-order valence-electron chi connectivity index (χ0n) is 7.93. The lowest BCUT2D eigenvalue weighted by Crippen LogP contribution is -2.15. The van der Waals surface area contributed by atoms with Crippen LogP contribution in [0.15, 0.2) is 6.20 Å². The first-order valence-electron chi connectivity index (χ1n) is 4.00. The van der Waals surface area contributed by atoms with Gasteiger partial charge >= 0.3 is 10.3 Å². The van der Waals surface area contributed by atoms with Crippen molar-refractivity contribution in [2.24, 2.45) is 5.14 Å². The first-order valence-corrected chi connectivity index (χ1v) is 6.29. The summed E-state index contributed by atoms with van der Waals surface area (Å²) in [6, 6.07) is 0. The summed E-state index contributed by atoms with van der Waals surface area (Å²) >= 11 is 1.43. The Morgan fingerprint density at radius 2 is 2.29 bits per heavy atom. The van der Waals surface area contributed by atoms with E-state index in [1.54, 1.807) is 6.20 Å². The van der Waals surface area contributed by atoms with Crippen LogP contribution in [-0.2, 0) is 21.1 Å². The highest BCUT2D eigenvalue weighted by molar-refractivity contribution is 7.84. The van der Waals surface area contributed by atoms with Crippen molar-refractivity contribution in [1.29, 1.82) is 0 Å². The zero-order chi connectivity index (χ0) is 10.8. The van der Waals surface area contributed by atoms with E-state index >= 15 is 0 Å². The topological polar surface area (TPSA) is 82.3 Å². The number of hydrogen-bond acceptors (Lipinski definition) is 5. The fourth-order valence-corrected chi connectivity index (χ4v) is 2.00. The van der Waals surface area contributed by atoms with E-state index in [1.807, 2.05) is 13.8 Å². The lowest BCUT2D eigenvalue weighted by Gasteiger charge is -1.97. The van der Waals surface area contributed by atoms with Crippen LogP contribution in [0.1, 0.15) is 29.7 Å². The standard InChI is InChI=1S/C7H12N2O3S2/c1-5(2)7-9-3-6(13-7)4-12-14(8,10)11/h3,5H,4H2,1-2H3,(H2,8,10,11). The minimum Gasteiger partial charge on any atom is -0.253 e. The summed E-state index contributed by atoms with van der Waals surface area (Å²) in [5.41, 5.74) is 0. The fraction of sp³-hybridized carbons (Fsp3) is 0.571. The molecule has 0 unspecified atom stereocenters. The van der Waals surface area contributed by atoms with Crippen LogP contribution in [0.25, 0.3) is 0 Å². The molecule has 0 fully saturated rings. The summed E-state index contributed by atoms with van der Waals surface area (Å²) in [4.78, 5) is 4.87. The van der Waals surface area contributed by atoms with Crippen LogP contribution in [0.4, 0.5) is 0 Å². The van der Waals surface area contributed by atoms with E-state index in [9.17, 15) is 8.42 Å². The first kappa shape index (κ1) is 11.6. The Kier molecular flexibility index (Phi) is 3.59. The van der Waals surface area contributed by atoms with Crippen LogP contribution in [0.5, 0.6) is 0 Å². The Bertz CT molecular complexity index is 397. The van der Waals surface area contributed by atoms with Crippen molar-refractivity contribution < 1.29 is 12.6 Å². The molecule has 0 radical (unpaired) electrons. The third-order valence-electron chi connectivity index (χ3n) is 1.43. The van der Waals surface area contributed by atoms with Crippen LogP contribution in [0.3, 0.4) is 0 Å². The average molecular weight is 236 g/mol. The van der Waals surface area contributed by atoms with E-state index in [2.05, 4.69) is 14.3 Å². The third-order valence-corrected chi connectivity index (χ3v) is 3.15. The van der Waals surface area contributed by atoms with Gasteiger partial charge in [-0.2, -0.15) is 8.42 Å². The van der Waals surface area contributed by atoms with Crippen LogP contribution < -0.4 is 5.14 Å². The largest absolute Gasteiger partial charge is 0.333 e. The number of hydrogen-bond donors (Lipinski definition) is 1. The van der Waals surface area contributed by atoms with Gasteiger partial charge < -0.3 is 0 Å². The molecule has 1 rings (SSSR count). The molecule has 14 heavy (non-hydrogen) atoms. The van der Waals surface area contributed by atoms with Gasteiger partial charge in [-0.3, -0.25) is 4.18 Å². The summed E-state index contributed by atoms with van der Waals surface area (Å²) < 4.78 is 25.4. The van der Waals surface area contributed by atoms with E-state index in [4.69, 9.17) is 0 Å². The Labute approximate surface area is 87.2 Å². The monoisotopic (exact) mass is 236 g/mol. The van der Waals surface area contributed by atoms with E-state index in [0.29, 0.717) is 5.92 Å². The van der Waals surface area contributed by atoms with E-state index in [-0.39, 0.29) is 6.61 Å². The second kappa shape index (κ2) is 4.35. The van der Waals surface area contributed by atoms with Crippen LogP contribution >= 0.6 is 11.3 Å². The summed E-state index contributed by atoms with van der Waals surface area (Å²) in [7, 11) is -3.85. The van der Waals surface area contributed by atoms with Gasteiger partial charge in [-0.1, -0.05) is 13.8 Å². The Balaban J connectivity index is 2.61. The molecule has 0 amide bonds. The molecule has 0 saturated carbocycles. The summed E-state index contributed by atoms with van der Waals surface area (Å²) in [6.45, 7) is 4.00. The molecule has 5 nitrogen and oxygen atoms in total. The highest BCUT2D eigenvalue weighted by atomic mass is 32.2. The van der Waals surface area contributed by atoms with Crippen molar-refractivity contribution in [1.82, 2.24) is 4.98 Å². The lowest BCUT2D eigenvalue weighted by atomic mass is 10.2. The normalized spacial score (nSPS) is 12.3. The van der Waals surface area contributed by atoms with Crippen molar-refractivity contribution in [3.8, 4) is 0 Å². The van der Waals surface area contributed by atoms with E-state index in [0.717, 1.165) is 9.88 Å². The molecule has 2 N–H and O–H groups in total. The lowest BCUT2D eigenvalue weighted by molar-refractivity contribution is 0.311. The molecule has 0 aliphatic rings. The van der Waals surface area contributed by atoms with Gasteiger partial charge in [0.1, 0.15) is 6.61 Å². The van der Waals surface area contributed by atoms with Crippen LogP contribution in [0, 0.1) is 0 Å². The molecular weight excluding hydrogens is 224 g/mol. The van der Waals surface area contributed by atoms with Crippen LogP contribution in [0.2, 0.25) is 0 Å². The number of thiazole rings is 1. The number of nitrogens with two attached hydrogens (primary N) is 1. The smallest absolute Gasteiger partial charge is 0.253 e. The van der Waals surface area contributed by atoms with Crippen molar-refractivity contribution in [2.75, 3.05) is 0 Å². The molecule has 0 aliphatic heterocycles. The molecular formula is C7H12N2O3S2. The van der Waals surface area contributed by atoms with Crippen molar-refractivity contribution in [2.45, 2.75) is 26.4 Å². The molecule has 0 aromatic carbocycles. The molecule has 0 bridgehead atoms. The van der Waals surface area contributed by atoms with Crippen molar-refractivity contribution >= 4 is 21.6 Å². The Hall–Kier alpha value is -0.500. The summed E-state index contributed by atoms with van der Waals surface area (Å²) in [5, 5.41) is 5.64. The first-order chi connectivity index (χ1) is 6.38. The van der Waals surface area contributed by atoms with Crippen molar-refractivity contribution in [3.05, 3.63) is 16.1 Å². The molecule has 80 valence electrons. The molecule has 0 saturated heterocycles. The molecule has 1 heterocycles. The Morgan fingerprint density at radius 1 is 1.64 bits per heavy atom. The number of rotatable bonds is 4. The molecule has 0 spiro atoms. The predicted molar refractivity (Wildman–Crippen MR) is 54.1 cm³/mol. The summed E-state index contributed by atoms with van der Waals surface area (Å²) in [5.74, 6) is 0.336. The number of aromatic nitrogens is 1. The number of nitrogens with zero attached hydrogens (tertiary/aromatic N) is 1. The zero-order valence-corrected chi connectivity index (χ0v) is 9.56. The molecule has 7 heteroatoms. The Morgan fingerprint density at radius 3 is 2.71 bits per heavy atom. The maximum Gasteiger partial charge on any atom is 0.333 e. The highest BCUT2D eigenvalue weighted by Gasteiger charge is 2.08. The second-order valence-corrected chi connectivity index (χ2v) is 5.44. The third kappa shape index (κ3) is 3.70. The average Bonchev–Trinajstić information content (AvgIpc) is 2.47. The van der Waals surface area contributed by atoms with Gasteiger partial charge in [0.25, 0.3) is 0 Å². The molecule has 0 aliphatic carbocycles. The van der Waals surface area contributed by atoms with Crippen molar-refractivity contribution in [3.63, 3.8) is 0 Å².